The zero-order valence-corrected chi connectivity index (χ0v) is 12.3. The molecule has 112 valence electrons. The van der Waals surface area contributed by atoms with Gasteiger partial charge in [0.2, 0.25) is 0 Å². The number of aliphatic hydroxyl groups is 1. The number of nitrogens with zero attached hydrogens (tertiary/aromatic N) is 1. The third-order valence-corrected chi connectivity index (χ3v) is 3.51. The van der Waals surface area contributed by atoms with Gasteiger partial charge in [-0.1, -0.05) is 12.1 Å². The Bertz CT molecular complexity index is 477. The number of rotatable bonds is 3. The number of benzene rings is 1. The molecule has 1 aliphatic rings. The van der Waals surface area contributed by atoms with Crippen LogP contribution in [0.2, 0.25) is 0 Å². The fraction of sp³-hybridized carbons (Fsp3) is 0.600. The zero-order chi connectivity index (χ0) is 14.9. The van der Waals surface area contributed by atoms with Gasteiger partial charge in [-0.15, -0.1) is 0 Å². The second-order valence-corrected chi connectivity index (χ2v) is 6.03. The first kappa shape index (κ1) is 15.2. The lowest BCUT2D eigenvalue weighted by Gasteiger charge is -2.44. The quantitative estimate of drug-likeness (QED) is 0.888. The molecule has 1 heterocycles. The first-order valence-electron chi connectivity index (χ1n) is 6.91. The van der Waals surface area contributed by atoms with Gasteiger partial charge in [-0.25, -0.2) is 4.39 Å². The van der Waals surface area contributed by atoms with Crippen LogP contribution in [-0.4, -0.2) is 36.5 Å². The number of morpholine rings is 1. The zero-order valence-electron chi connectivity index (χ0n) is 12.3. The molecule has 0 aromatic heterocycles. The third-order valence-electron chi connectivity index (χ3n) is 3.51. The molecule has 0 aliphatic carbocycles. The summed E-state index contributed by atoms with van der Waals surface area (Å²) in [5, 5.41) is 9.37. The minimum Gasteiger partial charge on any atom is -0.394 e. The predicted molar refractivity (Wildman–Crippen MR) is 77.3 cm³/mol. The summed E-state index contributed by atoms with van der Waals surface area (Å²) < 4.78 is 20.0. The van der Waals surface area contributed by atoms with Gasteiger partial charge in [0.15, 0.2) is 0 Å². The largest absolute Gasteiger partial charge is 0.394 e. The standard InChI is InChI=1S/C15H23FN2O2/c1-10(17)12-5-4-6-13(16)14(12)18-7-11(8-19)20-15(2,3)9-18/h4-6,10-11,19H,7-9,17H2,1-3H3/t10-,11?/m0/s1. The van der Waals surface area contributed by atoms with Crippen LogP contribution in [0.15, 0.2) is 18.2 Å². The number of hydrogen-bond donors (Lipinski definition) is 2. The second kappa shape index (κ2) is 5.68. The fourth-order valence-electron chi connectivity index (χ4n) is 2.79. The monoisotopic (exact) mass is 282 g/mol. The summed E-state index contributed by atoms with van der Waals surface area (Å²) in [4.78, 5) is 1.93. The highest BCUT2D eigenvalue weighted by molar-refractivity contribution is 5.56. The Kier molecular flexibility index (Phi) is 4.32. The molecule has 2 rings (SSSR count). The van der Waals surface area contributed by atoms with E-state index in [9.17, 15) is 9.50 Å². The summed E-state index contributed by atoms with van der Waals surface area (Å²) in [7, 11) is 0. The van der Waals surface area contributed by atoms with Crippen LogP contribution >= 0.6 is 0 Å². The average molecular weight is 282 g/mol. The van der Waals surface area contributed by atoms with Crippen molar-refractivity contribution in [3.63, 3.8) is 0 Å². The molecule has 0 bridgehead atoms. The number of ether oxygens (including phenoxy) is 1. The number of para-hydroxylation sites is 1. The second-order valence-electron chi connectivity index (χ2n) is 6.03. The van der Waals surface area contributed by atoms with Crippen LogP contribution in [0.1, 0.15) is 32.4 Å². The summed E-state index contributed by atoms with van der Waals surface area (Å²) in [6, 6.07) is 4.71. The van der Waals surface area contributed by atoms with E-state index < -0.39 is 5.60 Å². The van der Waals surface area contributed by atoms with Gasteiger partial charge >= 0.3 is 0 Å². The maximum atomic E-state index is 14.3. The molecule has 1 aliphatic heterocycles. The van der Waals surface area contributed by atoms with Gasteiger partial charge in [-0.05, 0) is 32.4 Å². The average Bonchev–Trinajstić information content (AvgIpc) is 2.36. The molecule has 1 fully saturated rings. The van der Waals surface area contributed by atoms with Crippen LogP contribution in [0, 0.1) is 5.82 Å². The van der Waals surface area contributed by atoms with Crippen molar-refractivity contribution in [3.8, 4) is 0 Å². The molecule has 4 nitrogen and oxygen atoms in total. The van der Waals surface area contributed by atoms with Crippen molar-refractivity contribution < 1.29 is 14.2 Å². The lowest BCUT2D eigenvalue weighted by molar-refractivity contribution is -0.101. The summed E-state index contributed by atoms with van der Waals surface area (Å²) in [5.41, 5.74) is 6.81. The lowest BCUT2D eigenvalue weighted by Crippen LogP contribution is -2.54. The molecule has 3 N–H and O–H groups in total. The van der Waals surface area contributed by atoms with Gasteiger partial charge in [0, 0.05) is 19.1 Å². The minimum atomic E-state index is -0.441. The van der Waals surface area contributed by atoms with E-state index in [1.165, 1.54) is 6.07 Å². The van der Waals surface area contributed by atoms with Gasteiger partial charge in [0.1, 0.15) is 5.82 Å². The molecule has 1 unspecified atom stereocenters. The van der Waals surface area contributed by atoms with Gasteiger partial charge in [-0.2, -0.15) is 0 Å². The molecule has 1 saturated heterocycles. The number of hydrogen-bond acceptors (Lipinski definition) is 4. The molecular weight excluding hydrogens is 259 g/mol. The van der Waals surface area contributed by atoms with Crippen LogP contribution < -0.4 is 10.6 Å². The molecule has 0 saturated carbocycles. The molecule has 0 radical (unpaired) electrons. The van der Waals surface area contributed by atoms with Gasteiger partial charge < -0.3 is 20.5 Å². The first-order chi connectivity index (χ1) is 9.34. The minimum absolute atomic E-state index is 0.0815. The number of halogens is 1. The van der Waals surface area contributed by atoms with Crippen LogP contribution in [-0.2, 0) is 4.74 Å². The summed E-state index contributed by atoms with van der Waals surface area (Å²) in [5.74, 6) is -0.283. The fourth-order valence-corrected chi connectivity index (χ4v) is 2.79. The van der Waals surface area contributed by atoms with Crippen molar-refractivity contribution in [1.29, 1.82) is 0 Å². The topological polar surface area (TPSA) is 58.7 Å². The Morgan fingerprint density at radius 2 is 2.25 bits per heavy atom. The van der Waals surface area contributed by atoms with E-state index in [1.807, 2.05) is 31.7 Å². The lowest BCUT2D eigenvalue weighted by atomic mass is 10.0. The van der Waals surface area contributed by atoms with Gasteiger partial charge in [0.05, 0.1) is 24.0 Å². The Morgan fingerprint density at radius 3 is 2.85 bits per heavy atom. The number of anilines is 1. The van der Waals surface area contributed by atoms with Crippen LogP contribution in [0.4, 0.5) is 10.1 Å². The Balaban J connectivity index is 2.40. The van der Waals surface area contributed by atoms with Gasteiger partial charge in [-0.3, -0.25) is 0 Å². The van der Waals surface area contributed by atoms with E-state index in [-0.39, 0.29) is 24.6 Å². The van der Waals surface area contributed by atoms with E-state index in [1.54, 1.807) is 6.07 Å². The van der Waals surface area contributed by atoms with Crippen molar-refractivity contribution in [3.05, 3.63) is 29.6 Å². The Labute approximate surface area is 119 Å². The number of aliphatic hydroxyl groups excluding tert-OH is 1. The summed E-state index contributed by atoms with van der Waals surface area (Å²) in [6.45, 7) is 6.66. The molecule has 0 amide bonds. The first-order valence-corrected chi connectivity index (χ1v) is 6.91. The van der Waals surface area contributed by atoms with Crippen molar-refractivity contribution in [1.82, 2.24) is 0 Å². The number of nitrogens with two attached hydrogens (primary N) is 1. The maximum absolute atomic E-state index is 14.3. The smallest absolute Gasteiger partial charge is 0.146 e. The highest BCUT2D eigenvalue weighted by Crippen LogP contribution is 2.33. The molecule has 20 heavy (non-hydrogen) atoms. The molecule has 1 aromatic carbocycles. The molecule has 5 heteroatoms. The van der Waals surface area contributed by atoms with Crippen molar-refractivity contribution in [2.24, 2.45) is 5.73 Å². The van der Waals surface area contributed by atoms with Crippen LogP contribution in [0.25, 0.3) is 0 Å². The van der Waals surface area contributed by atoms with Crippen molar-refractivity contribution in [2.75, 3.05) is 24.6 Å². The van der Waals surface area contributed by atoms with Crippen molar-refractivity contribution in [2.45, 2.75) is 38.5 Å². The van der Waals surface area contributed by atoms with Crippen LogP contribution in [0.5, 0.6) is 0 Å². The Morgan fingerprint density at radius 1 is 1.55 bits per heavy atom. The van der Waals surface area contributed by atoms with E-state index in [0.717, 1.165) is 5.56 Å². The predicted octanol–water partition coefficient (Wildman–Crippen LogP) is 1.82. The van der Waals surface area contributed by atoms with Crippen LogP contribution in [0.3, 0.4) is 0 Å². The summed E-state index contributed by atoms with van der Waals surface area (Å²) >= 11 is 0. The molecule has 2 atom stereocenters. The summed E-state index contributed by atoms with van der Waals surface area (Å²) in [6.07, 6.45) is -0.320. The van der Waals surface area contributed by atoms with E-state index in [2.05, 4.69) is 0 Å². The molecular formula is C15H23FN2O2. The highest BCUT2D eigenvalue weighted by atomic mass is 19.1. The van der Waals surface area contributed by atoms with E-state index >= 15 is 0 Å². The van der Waals surface area contributed by atoms with E-state index in [4.69, 9.17) is 10.5 Å². The highest BCUT2D eigenvalue weighted by Gasteiger charge is 2.35. The normalized spacial score (nSPS) is 23.7. The van der Waals surface area contributed by atoms with Gasteiger partial charge in [0.25, 0.3) is 0 Å². The van der Waals surface area contributed by atoms with E-state index in [0.29, 0.717) is 18.8 Å². The van der Waals surface area contributed by atoms with Crippen molar-refractivity contribution >= 4 is 5.69 Å². The Hall–Kier alpha value is -1.17. The molecule has 0 spiro atoms. The third kappa shape index (κ3) is 3.11. The SMILES string of the molecule is C[C@H](N)c1cccc(F)c1N1CC(CO)OC(C)(C)C1. The molecule has 1 aromatic rings. The maximum Gasteiger partial charge on any atom is 0.146 e.